The number of nitrogens with one attached hydrogen (secondary N) is 1. The molecule has 1 N–H and O–H groups in total. The molecular weight excluding hydrogens is 258 g/mol. The first-order chi connectivity index (χ1) is 9.72. The molecule has 1 aromatic carbocycles. The van der Waals surface area contributed by atoms with Crippen molar-refractivity contribution in [3.8, 4) is 5.75 Å². The summed E-state index contributed by atoms with van der Waals surface area (Å²) in [6, 6.07) is 7.56. The second-order valence-electron chi connectivity index (χ2n) is 4.57. The molecule has 20 heavy (non-hydrogen) atoms. The van der Waals surface area contributed by atoms with E-state index in [2.05, 4.69) is 5.32 Å². The van der Waals surface area contributed by atoms with Crippen LogP contribution in [-0.4, -0.2) is 31.6 Å². The van der Waals surface area contributed by atoms with E-state index in [0.717, 1.165) is 11.3 Å². The summed E-state index contributed by atoms with van der Waals surface area (Å²) < 4.78 is 10.3. The van der Waals surface area contributed by atoms with Crippen LogP contribution in [-0.2, 0) is 14.3 Å². The molecule has 0 radical (unpaired) electrons. The van der Waals surface area contributed by atoms with Crippen LogP contribution >= 0.6 is 0 Å². The minimum absolute atomic E-state index is 0.0648. The molecule has 0 saturated carbocycles. The third-order valence-corrected chi connectivity index (χ3v) is 3.21. The molecule has 5 nitrogen and oxygen atoms in total. The van der Waals surface area contributed by atoms with E-state index in [1.54, 1.807) is 6.92 Å². The molecule has 1 heterocycles. The van der Waals surface area contributed by atoms with E-state index in [4.69, 9.17) is 9.47 Å². The summed E-state index contributed by atoms with van der Waals surface area (Å²) in [5.41, 5.74) is 0.910. The third-order valence-electron chi connectivity index (χ3n) is 3.21. The average Bonchev–Trinajstić information content (AvgIpc) is 2.47. The van der Waals surface area contributed by atoms with Crippen molar-refractivity contribution >= 4 is 11.9 Å². The number of ether oxygens (including phenoxy) is 2. The lowest BCUT2D eigenvalue weighted by Gasteiger charge is -2.24. The Morgan fingerprint density at radius 3 is 3.00 bits per heavy atom. The number of rotatable bonds is 5. The monoisotopic (exact) mass is 277 g/mol. The largest absolute Gasteiger partial charge is 0.493 e. The Morgan fingerprint density at radius 2 is 2.20 bits per heavy atom. The number of hydrogen-bond acceptors (Lipinski definition) is 4. The van der Waals surface area contributed by atoms with Crippen molar-refractivity contribution in [3.05, 3.63) is 29.8 Å². The summed E-state index contributed by atoms with van der Waals surface area (Å²) in [4.78, 5) is 23.4. The molecule has 1 atom stereocenters. The van der Waals surface area contributed by atoms with Gasteiger partial charge in [0.15, 0.2) is 0 Å². The smallest absolute Gasteiger partial charge is 0.307 e. The lowest BCUT2D eigenvalue weighted by atomic mass is 9.92. The first-order valence-corrected chi connectivity index (χ1v) is 6.87. The van der Waals surface area contributed by atoms with Crippen LogP contribution in [0, 0.1) is 0 Å². The fourth-order valence-corrected chi connectivity index (χ4v) is 2.26. The lowest BCUT2D eigenvalue weighted by Crippen LogP contribution is -2.33. The molecule has 0 saturated heterocycles. The molecule has 5 heteroatoms. The molecule has 1 aliphatic rings. The van der Waals surface area contributed by atoms with Crippen molar-refractivity contribution in [1.29, 1.82) is 0 Å². The van der Waals surface area contributed by atoms with Gasteiger partial charge >= 0.3 is 5.97 Å². The third kappa shape index (κ3) is 3.50. The van der Waals surface area contributed by atoms with Crippen molar-refractivity contribution in [2.45, 2.75) is 25.7 Å². The number of carbonyl (C=O) groups is 2. The quantitative estimate of drug-likeness (QED) is 0.831. The summed E-state index contributed by atoms with van der Waals surface area (Å²) in [6.45, 7) is 2.96. The zero-order chi connectivity index (χ0) is 14.4. The number of benzene rings is 1. The van der Waals surface area contributed by atoms with Crippen molar-refractivity contribution in [1.82, 2.24) is 5.32 Å². The summed E-state index contributed by atoms with van der Waals surface area (Å²) in [5, 5.41) is 2.79. The SMILES string of the molecule is CCOC(=O)CCNC(=O)C1CCOc2ccccc21. The van der Waals surface area contributed by atoms with Gasteiger partial charge in [0.25, 0.3) is 0 Å². The van der Waals surface area contributed by atoms with E-state index in [-0.39, 0.29) is 24.2 Å². The van der Waals surface area contributed by atoms with E-state index >= 15 is 0 Å². The average molecular weight is 277 g/mol. The number of hydrogen-bond donors (Lipinski definition) is 1. The summed E-state index contributed by atoms with van der Waals surface area (Å²) in [7, 11) is 0. The highest BCUT2D eigenvalue weighted by Gasteiger charge is 2.27. The normalized spacial score (nSPS) is 16.8. The van der Waals surface area contributed by atoms with Crippen LogP contribution in [0.4, 0.5) is 0 Å². The fourth-order valence-electron chi connectivity index (χ4n) is 2.26. The number of amides is 1. The maximum Gasteiger partial charge on any atom is 0.307 e. The van der Waals surface area contributed by atoms with Gasteiger partial charge in [0, 0.05) is 12.1 Å². The van der Waals surface area contributed by atoms with E-state index in [1.165, 1.54) is 0 Å². The van der Waals surface area contributed by atoms with Crippen LogP contribution in [0.25, 0.3) is 0 Å². The molecule has 0 spiro atoms. The predicted octanol–water partition coefficient (Wildman–Crippen LogP) is 1.62. The number of esters is 1. The molecule has 0 aromatic heterocycles. The Kier molecular flexibility index (Phi) is 4.98. The molecule has 2 rings (SSSR count). The predicted molar refractivity (Wildman–Crippen MR) is 73.6 cm³/mol. The first-order valence-electron chi connectivity index (χ1n) is 6.87. The van der Waals surface area contributed by atoms with E-state index in [9.17, 15) is 9.59 Å². The van der Waals surface area contributed by atoms with Crippen LogP contribution in [0.5, 0.6) is 5.75 Å². The molecule has 0 aliphatic carbocycles. The van der Waals surface area contributed by atoms with Gasteiger partial charge in [-0.05, 0) is 19.4 Å². The Labute approximate surface area is 118 Å². The molecule has 0 fully saturated rings. The van der Waals surface area contributed by atoms with E-state index in [0.29, 0.717) is 26.2 Å². The molecule has 1 unspecified atom stereocenters. The van der Waals surface area contributed by atoms with E-state index in [1.807, 2.05) is 24.3 Å². The minimum Gasteiger partial charge on any atom is -0.493 e. The van der Waals surface area contributed by atoms with Gasteiger partial charge in [-0.25, -0.2) is 0 Å². The molecular formula is C15H19NO4. The molecule has 108 valence electrons. The molecule has 1 amide bonds. The molecule has 0 bridgehead atoms. The summed E-state index contributed by atoms with van der Waals surface area (Å²) >= 11 is 0. The van der Waals surface area contributed by atoms with Gasteiger partial charge in [0.05, 0.1) is 25.6 Å². The summed E-state index contributed by atoms with van der Waals surface area (Å²) in [5.74, 6) is 0.205. The Morgan fingerprint density at radius 1 is 1.40 bits per heavy atom. The highest BCUT2D eigenvalue weighted by Crippen LogP contribution is 2.33. The van der Waals surface area contributed by atoms with Gasteiger partial charge in [0.1, 0.15) is 5.75 Å². The lowest BCUT2D eigenvalue weighted by molar-refractivity contribution is -0.143. The Bertz CT molecular complexity index is 487. The van der Waals surface area contributed by atoms with Gasteiger partial charge in [0.2, 0.25) is 5.91 Å². The van der Waals surface area contributed by atoms with Crippen molar-refractivity contribution in [3.63, 3.8) is 0 Å². The Balaban J connectivity index is 1.89. The number of para-hydroxylation sites is 1. The van der Waals surface area contributed by atoms with E-state index < -0.39 is 0 Å². The zero-order valence-electron chi connectivity index (χ0n) is 11.6. The second kappa shape index (κ2) is 6.93. The zero-order valence-corrected chi connectivity index (χ0v) is 11.6. The first kappa shape index (κ1) is 14.4. The van der Waals surface area contributed by atoms with Gasteiger partial charge in [-0.3, -0.25) is 9.59 Å². The van der Waals surface area contributed by atoms with Crippen LogP contribution in [0.15, 0.2) is 24.3 Å². The number of fused-ring (bicyclic) bond motifs is 1. The maximum absolute atomic E-state index is 12.2. The van der Waals surface area contributed by atoms with Gasteiger partial charge in [-0.1, -0.05) is 18.2 Å². The maximum atomic E-state index is 12.2. The van der Waals surface area contributed by atoms with Crippen molar-refractivity contribution < 1.29 is 19.1 Å². The number of carbonyl (C=O) groups excluding carboxylic acids is 2. The molecule has 1 aromatic rings. The van der Waals surface area contributed by atoms with Crippen LogP contribution in [0.1, 0.15) is 31.2 Å². The van der Waals surface area contributed by atoms with Crippen LogP contribution < -0.4 is 10.1 Å². The van der Waals surface area contributed by atoms with Crippen LogP contribution in [0.2, 0.25) is 0 Å². The van der Waals surface area contributed by atoms with Crippen molar-refractivity contribution in [2.24, 2.45) is 0 Å². The fraction of sp³-hybridized carbons (Fsp3) is 0.467. The van der Waals surface area contributed by atoms with Gasteiger partial charge in [-0.2, -0.15) is 0 Å². The van der Waals surface area contributed by atoms with Gasteiger partial charge < -0.3 is 14.8 Å². The highest BCUT2D eigenvalue weighted by molar-refractivity contribution is 5.85. The minimum atomic E-state index is -0.292. The standard InChI is InChI=1S/C15H19NO4/c1-2-19-14(17)7-9-16-15(18)12-8-10-20-13-6-4-3-5-11(12)13/h3-6,12H,2,7-10H2,1H3,(H,16,18). The van der Waals surface area contributed by atoms with Crippen LogP contribution in [0.3, 0.4) is 0 Å². The Hall–Kier alpha value is -2.04. The van der Waals surface area contributed by atoms with Crippen molar-refractivity contribution in [2.75, 3.05) is 19.8 Å². The van der Waals surface area contributed by atoms with Gasteiger partial charge in [-0.15, -0.1) is 0 Å². The highest BCUT2D eigenvalue weighted by atomic mass is 16.5. The second-order valence-corrected chi connectivity index (χ2v) is 4.57. The summed E-state index contributed by atoms with van der Waals surface area (Å²) in [6.07, 6.45) is 0.854. The molecule has 1 aliphatic heterocycles. The topological polar surface area (TPSA) is 64.6 Å².